The van der Waals surface area contributed by atoms with Gasteiger partial charge in [-0.15, -0.1) is 0 Å². The van der Waals surface area contributed by atoms with Crippen molar-refractivity contribution < 1.29 is 12.8 Å². The fourth-order valence-electron chi connectivity index (χ4n) is 4.35. The number of nitrogens with zero attached hydrogens (tertiary/aromatic N) is 4. The van der Waals surface area contributed by atoms with Gasteiger partial charge in [-0.05, 0) is 59.0 Å². The lowest BCUT2D eigenvalue weighted by Crippen LogP contribution is -2.42. The lowest BCUT2D eigenvalue weighted by molar-refractivity contribution is 0.274. The van der Waals surface area contributed by atoms with E-state index in [1.54, 1.807) is 10.7 Å². The van der Waals surface area contributed by atoms with Gasteiger partial charge in [0.1, 0.15) is 16.5 Å². The van der Waals surface area contributed by atoms with Crippen LogP contribution in [0.15, 0.2) is 64.1 Å². The van der Waals surface area contributed by atoms with E-state index in [0.29, 0.717) is 41.7 Å². The fourth-order valence-corrected chi connectivity index (χ4v) is 6.69. The molecule has 0 radical (unpaired) electrons. The molecule has 0 saturated carbocycles. The number of anilines is 1. The molecule has 1 fully saturated rings. The number of halogens is 4. The second-order valence-electron chi connectivity index (χ2n) is 8.56. The molecule has 0 amide bonds. The van der Waals surface area contributed by atoms with Crippen molar-refractivity contribution >= 4 is 60.6 Å². The average molecular weight is 613 g/mol. The highest BCUT2D eigenvalue weighted by Gasteiger charge is 2.32. The third-order valence-electron chi connectivity index (χ3n) is 6.14. The molecule has 188 valence electrons. The Labute approximate surface area is 226 Å². The summed E-state index contributed by atoms with van der Waals surface area (Å²) < 4.78 is 44.4. The predicted octanol–water partition coefficient (Wildman–Crippen LogP) is 6.12. The summed E-state index contributed by atoms with van der Waals surface area (Å²) in [6, 6.07) is 12.9. The van der Waals surface area contributed by atoms with Crippen molar-refractivity contribution in [2.75, 3.05) is 25.0 Å². The van der Waals surface area contributed by atoms with E-state index in [0.717, 1.165) is 22.5 Å². The third kappa shape index (κ3) is 4.97. The van der Waals surface area contributed by atoms with Crippen LogP contribution in [-0.4, -0.2) is 47.0 Å². The van der Waals surface area contributed by atoms with E-state index in [9.17, 15) is 12.8 Å². The Morgan fingerprint density at radius 3 is 2.75 bits per heavy atom. The maximum atomic E-state index is 14.4. The summed E-state index contributed by atoms with van der Waals surface area (Å²) in [6.45, 7) is 1.10. The number of sulfonamides is 1. The standard InChI is InChI=1S/C24H21BrCl2FN5O2S/c25-18-13-30-33-23(11-21(31-24(18)33)17-5-1-2-6-19(17)27)29-12-15-4-3-9-32(14-15)36(34,35)22-8-7-16(26)10-20(22)28/h1-2,5-8,10-11,13,15,29H,3-4,9,12,14H2. The van der Waals surface area contributed by atoms with Crippen molar-refractivity contribution in [3.63, 3.8) is 0 Å². The monoisotopic (exact) mass is 611 g/mol. The van der Waals surface area contributed by atoms with Crippen molar-refractivity contribution in [3.05, 3.63) is 75.1 Å². The normalized spacial score (nSPS) is 16.9. The molecule has 0 bridgehead atoms. The van der Waals surface area contributed by atoms with E-state index < -0.39 is 15.8 Å². The Balaban J connectivity index is 1.38. The number of benzene rings is 2. The number of nitrogens with one attached hydrogen (secondary N) is 1. The number of rotatable bonds is 6. The smallest absolute Gasteiger partial charge is 0.245 e. The molecule has 0 spiro atoms. The number of hydrogen-bond acceptors (Lipinski definition) is 5. The highest BCUT2D eigenvalue weighted by Crippen LogP contribution is 2.31. The SMILES string of the molecule is O=S(=O)(c1ccc(Cl)cc1F)N1CCCC(CNc2cc(-c3ccccc3Cl)nc3c(Br)cnn23)C1. The van der Waals surface area contributed by atoms with E-state index in [1.807, 2.05) is 30.3 Å². The summed E-state index contributed by atoms with van der Waals surface area (Å²) in [5, 5.41) is 8.55. The quantitative estimate of drug-likeness (QED) is 0.284. The third-order valence-corrected chi connectivity index (χ3v) is 9.17. The van der Waals surface area contributed by atoms with Crippen molar-refractivity contribution in [2.45, 2.75) is 17.7 Å². The Kier molecular flexibility index (Phi) is 7.24. The van der Waals surface area contributed by atoms with E-state index >= 15 is 0 Å². The first-order valence-electron chi connectivity index (χ1n) is 11.2. The van der Waals surface area contributed by atoms with Crippen LogP contribution >= 0.6 is 39.1 Å². The van der Waals surface area contributed by atoms with Crippen LogP contribution in [0, 0.1) is 11.7 Å². The molecular formula is C24H21BrCl2FN5O2S. The summed E-state index contributed by atoms with van der Waals surface area (Å²) in [5.74, 6) is -0.141. The second-order valence-corrected chi connectivity index (χ2v) is 12.2. The van der Waals surface area contributed by atoms with Crippen molar-refractivity contribution in [1.29, 1.82) is 0 Å². The van der Waals surface area contributed by atoms with Crippen LogP contribution in [-0.2, 0) is 10.0 Å². The molecule has 2 aromatic heterocycles. The first kappa shape index (κ1) is 25.4. The summed E-state index contributed by atoms with van der Waals surface area (Å²) in [7, 11) is -3.98. The molecule has 36 heavy (non-hydrogen) atoms. The van der Waals surface area contributed by atoms with Crippen molar-refractivity contribution in [1.82, 2.24) is 18.9 Å². The first-order valence-corrected chi connectivity index (χ1v) is 14.2. The summed E-state index contributed by atoms with van der Waals surface area (Å²) in [4.78, 5) is 4.35. The maximum absolute atomic E-state index is 14.4. The van der Waals surface area contributed by atoms with Crippen LogP contribution < -0.4 is 5.32 Å². The molecule has 0 aliphatic carbocycles. The van der Waals surface area contributed by atoms with Gasteiger partial charge in [-0.1, -0.05) is 41.4 Å². The van der Waals surface area contributed by atoms with E-state index in [1.165, 1.54) is 16.4 Å². The molecule has 2 aromatic carbocycles. The van der Waals surface area contributed by atoms with Gasteiger partial charge in [0, 0.05) is 41.3 Å². The Morgan fingerprint density at radius 2 is 1.97 bits per heavy atom. The highest BCUT2D eigenvalue weighted by atomic mass is 79.9. The van der Waals surface area contributed by atoms with Crippen molar-refractivity contribution in [3.8, 4) is 11.3 Å². The molecule has 3 heterocycles. The van der Waals surface area contributed by atoms with Crippen LogP contribution in [0.4, 0.5) is 10.2 Å². The predicted molar refractivity (Wildman–Crippen MR) is 143 cm³/mol. The second kappa shape index (κ2) is 10.3. The van der Waals surface area contributed by atoms with E-state index in [4.69, 9.17) is 28.2 Å². The van der Waals surface area contributed by atoms with Crippen LogP contribution in [0.3, 0.4) is 0 Å². The molecule has 7 nitrogen and oxygen atoms in total. The minimum Gasteiger partial charge on any atom is -0.370 e. The van der Waals surface area contributed by atoms with Crippen LogP contribution in [0.5, 0.6) is 0 Å². The van der Waals surface area contributed by atoms with Crippen LogP contribution in [0.2, 0.25) is 10.0 Å². The number of fused-ring (bicyclic) bond motifs is 1. The molecule has 1 N–H and O–H groups in total. The van der Waals surface area contributed by atoms with Gasteiger partial charge in [-0.25, -0.2) is 17.8 Å². The molecule has 12 heteroatoms. The van der Waals surface area contributed by atoms with Gasteiger partial charge in [-0.2, -0.15) is 13.9 Å². The van der Waals surface area contributed by atoms with Gasteiger partial charge in [0.25, 0.3) is 0 Å². The number of aromatic nitrogens is 3. The summed E-state index contributed by atoms with van der Waals surface area (Å²) >= 11 is 15.7. The summed E-state index contributed by atoms with van der Waals surface area (Å²) in [5.41, 5.74) is 2.10. The van der Waals surface area contributed by atoms with Gasteiger partial charge in [0.05, 0.1) is 16.4 Å². The lowest BCUT2D eigenvalue weighted by atomic mass is 10.00. The zero-order chi connectivity index (χ0) is 25.4. The van der Waals surface area contributed by atoms with Gasteiger partial charge in [0.15, 0.2) is 5.65 Å². The largest absolute Gasteiger partial charge is 0.370 e. The topological polar surface area (TPSA) is 79.6 Å². The zero-order valence-corrected chi connectivity index (χ0v) is 22.7. The van der Waals surface area contributed by atoms with Gasteiger partial charge in [0.2, 0.25) is 10.0 Å². The maximum Gasteiger partial charge on any atom is 0.245 e. The van der Waals surface area contributed by atoms with Gasteiger partial charge in [-0.3, -0.25) is 0 Å². The minimum absolute atomic E-state index is 0.00914. The molecule has 4 aromatic rings. The molecule has 1 atom stereocenters. The molecule has 1 unspecified atom stereocenters. The molecule has 1 saturated heterocycles. The minimum atomic E-state index is -3.98. The Morgan fingerprint density at radius 1 is 1.17 bits per heavy atom. The van der Waals surface area contributed by atoms with Crippen molar-refractivity contribution in [2.24, 2.45) is 5.92 Å². The molecule has 5 rings (SSSR count). The molecule has 1 aliphatic heterocycles. The number of hydrogen-bond donors (Lipinski definition) is 1. The molecule has 1 aliphatic rings. The average Bonchev–Trinajstić information content (AvgIpc) is 3.23. The number of piperidine rings is 1. The zero-order valence-electron chi connectivity index (χ0n) is 18.8. The van der Waals surface area contributed by atoms with Crippen LogP contribution in [0.1, 0.15) is 12.8 Å². The van der Waals surface area contributed by atoms with Gasteiger partial charge < -0.3 is 5.32 Å². The Hall–Kier alpha value is -2.24. The fraction of sp³-hybridized carbons (Fsp3) is 0.250. The Bertz CT molecular complexity index is 1550. The lowest BCUT2D eigenvalue weighted by Gasteiger charge is -2.32. The van der Waals surface area contributed by atoms with E-state index in [-0.39, 0.29) is 22.4 Å². The first-order chi connectivity index (χ1) is 17.2. The van der Waals surface area contributed by atoms with E-state index in [2.05, 4.69) is 26.3 Å². The highest BCUT2D eigenvalue weighted by molar-refractivity contribution is 9.10. The van der Waals surface area contributed by atoms with Gasteiger partial charge >= 0.3 is 0 Å². The molecular weight excluding hydrogens is 592 g/mol. The summed E-state index contributed by atoms with van der Waals surface area (Å²) in [6.07, 6.45) is 3.17. The van der Waals surface area contributed by atoms with Crippen LogP contribution in [0.25, 0.3) is 16.9 Å².